The lowest BCUT2D eigenvalue weighted by molar-refractivity contribution is -0.142. The van der Waals surface area contributed by atoms with Crippen LogP contribution >= 0.6 is 0 Å². The third-order valence-corrected chi connectivity index (χ3v) is 3.71. The lowest BCUT2D eigenvalue weighted by Crippen LogP contribution is -2.46. The number of carbonyl (C=O) groups excluding carboxylic acids is 1. The van der Waals surface area contributed by atoms with E-state index in [-0.39, 0.29) is 5.91 Å². The average Bonchev–Trinajstić information content (AvgIpc) is 2.74. The second-order valence-electron chi connectivity index (χ2n) is 5.06. The summed E-state index contributed by atoms with van der Waals surface area (Å²) in [6.07, 6.45) is 6.20. The van der Waals surface area contributed by atoms with Crippen molar-refractivity contribution in [2.75, 3.05) is 6.54 Å². The number of carboxylic acids is 1. The first-order chi connectivity index (χ1) is 9.11. The molecule has 2 heterocycles. The molecule has 0 aromatic carbocycles. The lowest BCUT2D eigenvalue weighted by Gasteiger charge is -2.31. The minimum Gasteiger partial charge on any atom is -0.480 e. The molecule has 1 fully saturated rings. The molecule has 0 aliphatic carbocycles. The molecule has 1 aliphatic rings. The first-order valence-corrected chi connectivity index (χ1v) is 6.76. The molecule has 5 heteroatoms. The molecule has 1 atom stereocenters. The van der Waals surface area contributed by atoms with Gasteiger partial charge >= 0.3 is 5.97 Å². The van der Waals surface area contributed by atoms with Gasteiger partial charge in [0.15, 0.2) is 0 Å². The zero-order valence-corrected chi connectivity index (χ0v) is 11.2. The minimum atomic E-state index is -0.899. The quantitative estimate of drug-likeness (QED) is 0.887. The van der Waals surface area contributed by atoms with Crippen LogP contribution < -0.4 is 0 Å². The van der Waals surface area contributed by atoms with E-state index in [4.69, 9.17) is 0 Å². The highest BCUT2D eigenvalue weighted by atomic mass is 16.4. The first-order valence-electron chi connectivity index (χ1n) is 6.76. The second kappa shape index (κ2) is 5.91. The van der Waals surface area contributed by atoms with Gasteiger partial charge in [0, 0.05) is 19.8 Å². The largest absolute Gasteiger partial charge is 0.480 e. The van der Waals surface area contributed by atoms with Gasteiger partial charge in [0.25, 0.3) is 5.91 Å². The van der Waals surface area contributed by atoms with Gasteiger partial charge in [-0.1, -0.05) is 19.3 Å². The molecule has 1 aromatic heterocycles. The summed E-state index contributed by atoms with van der Waals surface area (Å²) in [5, 5.41) is 9.34. The number of aryl methyl sites for hydroxylation is 1. The van der Waals surface area contributed by atoms with Crippen molar-refractivity contribution >= 4 is 11.9 Å². The fraction of sp³-hybridized carbons (Fsp3) is 0.571. The van der Waals surface area contributed by atoms with Crippen LogP contribution in [0.2, 0.25) is 0 Å². The van der Waals surface area contributed by atoms with Gasteiger partial charge in [-0.25, -0.2) is 4.79 Å². The highest BCUT2D eigenvalue weighted by Crippen LogP contribution is 2.19. The van der Waals surface area contributed by atoms with E-state index < -0.39 is 12.0 Å². The number of carboxylic acid groups (broad SMARTS) is 1. The monoisotopic (exact) mass is 264 g/mol. The highest BCUT2D eigenvalue weighted by Gasteiger charge is 2.31. The molecule has 0 radical (unpaired) electrons. The van der Waals surface area contributed by atoms with E-state index in [9.17, 15) is 14.7 Å². The average molecular weight is 264 g/mol. The van der Waals surface area contributed by atoms with Gasteiger partial charge in [0.2, 0.25) is 0 Å². The van der Waals surface area contributed by atoms with Gasteiger partial charge in [0.1, 0.15) is 11.7 Å². The van der Waals surface area contributed by atoms with Crippen LogP contribution in [-0.2, 0) is 11.8 Å². The maximum absolute atomic E-state index is 12.5. The molecule has 19 heavy (non-hydrogen) atoms. The van der Waals surface area contributed by atoms with Crippen molar-refractivity contribution in [2.24, 2.45) is 7.05 Å². The van der Waals surface area contributed by atoms with Crippen molar-refractivity contribution in [2.45, 2.75) is 38.1 Å². The molecule has 1 amide bonds. The molecule has 0 saturated carbocycles. The summed E-state index contributed by atoms with van der Waals surface area (Å²) in [6, 6.07) is 2.84. The smallest absolute Gasteiger partial charge is 0.326 e. The molecule has 2 rings (SSSR count). The third kappa shape index (κ3) is 2.97. The highest BCUT2D eigenvalue weighted by molar-refractivity contribution is 5.95. The fourth-order valence-electron chi connectivity index (χ4n) is 2.62. The molecule has 1 aliphatic heterocycles. The summed E-state index contributed by atoms with van der Waals surface area (Å²) in [6.45, 7) is 0.529. The number of aliphatic carboxylic acids is 1. The Kier molecular flexibility index (Phi) is 4.24. The fourth-order valence-corrected chi connectivity index (χ4v) is 2.62. The number of aromatic nitrogens is 1. The van der Waals surface area contributed by atoms with Gasteiger partial charge in [-0.15, -0.1) is 0 Å². The van der Waals surface area contributed by atoms with Crippen molar-refractivity contribution in [1.29, 1.82) is 0 Å². The molecular weight excluding hydrogens is 244 g/mol. The van der Waals surface area contributed by atoms with Gasteiger partial charge in [-0.2, -0.15) is 0 Å². The number of rotatable bonds is 2. The number of amides is 1. The Hall–Kier alpha value is -1.78. The number of hydrogen-bond donors (Lipinski definition) is 1. The predicted octanol–water partition coefficient (Wildman–Crippen LogP) is 1.88. The Labute approximate surface area is 112 Å². The molecule has 5 nitrogen and oxygen atoms in total. The van der Waals surface area contributed by atoms with Crippen LogP contribution in [0, 0.1) is 0 Å². The number of carbonyl (C=O) groups is 2. The molecule has 104 valence electrons. The van der Waals surface area contributed by atoms with Gasteiger partial charge < -0.3 is 14.6 Å². The SMILES string of the molecule is Cn1cccc1C(=O)N1CCCCCCC1C(=O)O. The standard InChI is InChI=1S/C14H20N2O3/c1-15-9-6-8-11(15)13(17)16-10-5-3-2-4-7-12(16)14(18)19/h6,8-9,12H,2-5,7,10H2,1H3,(H,18,19). The van der Waals surface area contributed by atoms with Gasteiger partial charge in [-0.3, -0.25) is 4.79 Å². The Morgan fingerprint density at radius 1 is 1.26 bits per heavy atom. The molecule has 0 spiro atoms. The topological polar surface area (TPSA) is 62.5 Å². The minimum absolute atomic E-state index is 0.179. The Bertz CT molecular complexity index is 467. The molecular formula is C14H20N2O3. The van der Waals surface area contributed by atoms with E-state index in [1.807, 2.05) is 0 Å². The van der Waals surface area contributed by atoms with Crippen molar-refractivity contribution in [3.05, 3.63) is 24.0 Å². The number of nitrogens with zero attached hydrogens (tertiary/aromatic N) is 2. The summed E-state index contributed by atoms with van der Waals surface area (Å²) in [4.78, 5) is 25.4. The normalized spacial score (nSPS) is 20.7. The molecule has 0 bridgehead atoms. The van der Waals surface area contributed by atoms with Crippen LogP contribution in [0.1, 0.15) is 42.6 Å². The molecule has 1 saturated heterocycles. The van der Waals surface area contributed by atoms with Crippen LogP contribution in [0.15, 0.2) is 18.3 Å². The summed E-state index contributed by atoms with van der Waals surface area (Å²) in [7, 11) is 1.80. The maximum Gasteiger partial charge on any atom is 0.326 e. The second-order valence-corrected chi connectivity index (χ2v) is 5.06. The Balaban J connectivity index is 2.24. The van der Waals surface area contributed by atoms with E-state index in [0.717, 1.165) is 25.7 Å². The van der Waals surface area contributed by atoms with E-state index in [2.05, 4.69) is 0 Å². The summed E-state index contributed by atoms with van der Waals surface area (Å²) >= 11 is 0. The van der Waals surface area contributed by atoms with Gasteiger partial charge in [0.05, 0.1) is 0 Å². The number of hydrogen-bond acceptors (Lipinski definition) is 2. The Morgan fingerprint density at radius 3 is 2.63 bits per heavy atom. The van der Waals surface area contributed by atoms with Crippen molar-refractivity contribution in [3.8, 4) is 0 Å². The van der Waals surface area contributed by atoms with Crippen LogP contribution in [-0.4, -0.2) is 39.0 Å². The van der Waals surface area contributed by atoms with E-state index in [1.54, 1.807) is 29.9 Å². The molecule has 1 unspecified atom stereocenters. The van der Waals surface area contributed by atoms with E-state index in [1.165, 1.54) is 4.90 Å². The van der Waals surface area contributed by atoms with Crippen LogP contribution in [0.25, 0.3) is 0 Å². The van der Waals surface area contributed by atoms with Crippen LogP contribution in [0.3, 0.4) is 0 Å². The maximum atomic E-state index is 12.5. The molecule has 1 aromatic rings. The zero-order valence-electron chi connectivity index (χ0n) is 11.2. The van der Waals surface area contributed by atoms with Crippen molar-refractivity contribution < 1.29 is 14.7 Å². The van der Waals surface area contributed by atoms with Crippen LogP contribution in [0.5, 0.6) is 0 Å². The summed E-state index contributed by atoms with van der Waals surface area (Å²) < 4.78 is 1.74. The number of likely N-dealkylation sites (tertiary alicyclic amines) is 1. The van der Waals surface area contributed by atoms with Gasteiger partial charge in [-0.05, 0) is 25.0 Å². The van der Waals surface area contributed by atoms with Crippen LogP contribution in [0.4, 0.5) is 0 Å². The van der Waals surface area contributed by atoms with Crippen molar-refractivity contribution in [3.63, 3.8) is 0 Å². The van der Waals surface area contributed by atoms with Crippen molar-refractivity contribution in [1.82, 2.24) is 9.47 Å². The lowest BCUT2D eigenvalue weighted by atomic mass is 10.0. The molecule has 1 N–H and O–H groups in total. The van der Waals surface area contributed by atoms with E-state index in [0.29, 0.717) is 18.7 Å². The first kappa shape index (κ1) is 13.6. The Morgan fingerprint density at radius 2 is 2.00 bits per heavy atom. The van der Waals surface area contributed by atoms with E-state index >= 15 is 0 Å². The summed E-state index contributed by atoms with van der Waals surface area (Å²) in [5.41, 5.74) is 0.548. The third-order valence-electron chi connectivity index (χ3n) is 3.71. The zero-order chi connectivity index (χ0) is 13.8. The predicted molar refractivity (Wildman–Crippen MR) is 71.0 cm³/mol. The summed E-state index contributed by atoms with van der Waals surface area (Å²) in [5.74, 6) is -1.08.